The van der Waals surface area contributed by atoms with Crippen LogP contribution in [0.25, 0.3) is 6.08 Å². The molecule has 3 aromatic rings. The third-order valence-corrected chi connectivity index (χ3v) is 6.47. The van der Waals surface area contributed by atoms with Gasteiger partial charge in [0.2, 0.25) is 0 Å². The second kappa shape index (κ2) is 10.3. The molecular formula is C25H20ClNO4S2. The lowest BCUT2D eigenvalue weighted by atomic mass is 10.1. The number of halogens is 1. The maximum Gasteiger partial charge on any atom is 0.270 e. The Labute approximate surface area is 206 Å². The number of benzene rings is 3. The molecule has 1 aliphatic rings. The summed E-state index contributed by atoms with van der Waals surface area (Å²) >= 11 is 12.7. The van der Waals surface area contributed by atoms with E-state index in [1.54, 1.807) is 32.4 Å². The summed E-state index contributed by atoms with van der Waals surface area (Å²) in [6, 6.07) is 20.2. The zero-order valence-electron chi connectivity index (χ0n) is 17.9. The van der Waals surface area contributed by atoms with Gasteiger partial charge < -0.3 is 14.2 Å². The Morgan fingerprint density at radius 2 is 1.70 bits per heavy atom. The van der Waals surface area contributed by atoms with Gasteiger partial charge in [-0.3, -0.25) is 9.69 Å². The molecule has 0 aromatic heterocycles. The number of nitrogens with zero attached hydrogens (tertiary/aromatic N) is 1. The lowest BCUT2D eigenvalue weighted by molar-refractivity contribution is -0.113. The Bertz CT molecular complexity index is 1210. The fourth-order valence-electron chi connectivity index (χ4n) is 3.21. The standard InChI is InChI=1S/C25H20ClNO4S2/c1-29-20-10-8-19(9-11-20)27-24(28)23(33-25(27)32)14-17-5-12-21(30-2)22(13-17)31-15-16-3-6-18(26)7-4-16/h3-14H,15H2,1-2H3/b23-14+. The average Bonchev–Trinajstić information content (AvgIpc) is 3.11. The second-order valence-corrected chi connectivity index (χ2v) is 9.15. The smallest absolute Gasteiger partial charge is 0.270 e. The van der Waals surface area contributed by atoms with Crippen molar-refractivity contribution in [3.8, 4) is 17.2 Å². The van der Waals surface area contributed by atoms with Crippen molar-refractivity contribution >= 4 is 57.6 Å². The summed E-state index contributed by atoms with van der Waals surface area (Å²) in [5, 5.41) is 0.672. The Morgan fingerprint density at radius 3 is 2.36 bits per heavy atom. The van der Waals surface area contributed by atoms with Crippen molar-refractivity contribution in [3.63, 3.8) is 0 Å². The van der Waals surface area contributed by atoms with E-state index in [1.807, 2.05) is 54.6 Å². The van der Waals surface area contributed by atoms with Crippen LogP contribution in [0.3, 0.4) is 0 Å². The van der Waals surface area contributed by atoms with E-state index in [0.717, 1.165) is 11.1 Å². The zero-order chi connectivity index (χ0) is 23.4. The van der Waals surface area contributed by atoms with Crippen molar-refractivity contribution in [1.82, 2.24) is 0 Å². The highest BCUT2D eigenvalue weighted by atomic mass is 35.5. The summed E-state index contributed by atoms with van der Waals surface area (Å²) in [7, 11) is 3.18. The number of amides is 1. The molecule has 0 aliphatic carbocycles. The van der Waals surface area contributed by atoms with E-state index in [2.05, 4.69) is 0 Å². The van der Waals surface area contributed by atoms with Crippen LogP contribution in [0.2, 0.25) is 5.02 Å². The number of hydrogen-bond acceptors (Lipinski definition) is 6. The second-order valence-electron chi connectivity index (χ2n) is 7.04. The van der Waals surface area contributed by atoms with Crippen molar-refractivity contribution in [2.24, 2.45) is 0 Å². The first kappa shape index (κ1) is 23.2. The summed E-state index contributed by atoms with van der Waals surface area (Å²) < 4.78 is 17.1. The van der Waals surface area contributed by atoms with Crippen LogP contribution in [0.15, 0.2) is 71.6 Å². The minimum atomic E-state index is -0.172. The SMILES string of the molecule is COc1ccc(N2C(=O)/C(=C\c3ccc(OC)c(OCc4ccc(Cl)cc4)c3)SC2=S)cc1. The van der Waals surface area contributed by atoms with E-state index in [4.69, 9.17) is 38.0 Å². The van der Waals surface area contributed by atoms with E-state index >= 15 is 0 Å². The largest absolute Gasteiger partial charge is 0.497 e. The van der Waals surface area contributed by atoms with Gasteiger partial charge in [-0.15, -0.1) is 0 Å². The molecule has 3 aromatic carbocycles. The molecule has 1 aliphatic heterocycles. The van der Waals surface area contributed by atoms with Gasteiger partial charge in [-0.2, -0.15) is 0 Å². The van der Waals surface area contributed by atoms with Crippen LogP contribution in [0.5, 0.6) is 17.2 Å². The highest BCUT2D eigenvalue weighted by Gasteiger charge is 2.33. The molecule has 8 heteroatoms. The number of carbonyl (C=O) groups is 1. The molecule has 0 unspecified atom stereocenters. The number of anilines is 1. The maximum atomic E-state index is 13.1. The fourth-order valence-corrected chi connectivity index (χ4v) is 4.64. The van der Waals surface area contributed by atoms with E-state index in [9.17, 15) is 4.79 Å². The Hall–Kier alpha value is -3.00. The highest BCUT2D eigenvalue weighted by molar-refractivity contribution is 8.27. The number of rotatable bonds is 7. The average molecular weight is 498 g/mol. The molecule has 1 fully saturated rings. The molecular weight excluding hydrogens is 478 g/mol. The van der Waals surface area contributed by atoms with Crippen molar-refractivity contribution in [2.45, 2.75) is 6.61 Å². The third kappa shape index (κ3) is 5.33. The van der Waals surface area contributed by atoms with Gasteiger partial charge >= 0.3 is 0 Å². The molecule has 0 N–H and O–H groups in total. The Balaban J connectivity index is 1.55. The van der Waals surface area contributed by atoms with Gasteiger partial charge in [0.25, 0.3) is 5.91 Å². The van der Waals surface area contributed by atoms with Crippen LogP contribution >= 0.6 is 35.6 Å². The normalized spacial score (nSPS) is 14.6. The fraction of sp³-hybridized carbons (Fsp3) is 0.120. The summed E-state index contributed by atoms with van der Waals surface area (Å²) in [5.41, 5.74) is 2.48. The van der Waals surface area contributed by atoms with Gasteiger partial charge in [0.15, 0.2) is 15.8 Å². The minimum absolute atomic E-state index is 0.172. The first-order chi connectivity index (χ1) is 16.0. The van der Waals surface area contributed by atoms with Gasteiger partial charge in [0.05, 0.1) is 24.8 Å². The predicted molar refractivity (Wildman–Crippen MR) is 137 cm³/mol. The lowest BCUT2D eigenvalue weighted by Gasteiger charge is -2.14. The number of carbonyl (C=O) groups excluding carboxylic acids is 1. The molecule has 0 atom stereocenters. The van der Waals surface area contributed by atoms with Crippen molar-refractivity contribution in [1.29, 1.82) is 0 Å². The highest BCUT2D eigenvalue weighted by Crippen LogP contribution is 2.37. The predicted octanol–water partition coefficient (Wildman–Crippen LogP) is 6.34. The molecule has 33 heavy (non-hydrogen) atoms. The van der Waals surface area contributed by atoms with Crippen LogP contribution in [0.1, 0.15) is 11.1 Å². The molecule has 5 nitrogen and oxygen atoms in total. The molecule has 0 bridgehead atoms. The van der Waals surface area contributed by atoms with Crippen LogP contribution in [0.4, 0.5) is 5.69 Å². The van der Waals surface area contributed by atoms with Crippen molar-refractivity contribution < 1.29 is 19.0 Å². The summed E-state index contributed by atoms with van der Waals surface area (Å²) in [4.78, 5) is 15.1. The maximum absolute atomic E-state index is 13.1. The lowest BCUT2D eigenvalue weighted by Crippen LogP contribution is -2.27. The monoisotopic (exact) mass is 497 g/mol. The van der Waals surface area contributed by atoms with Gasteiger partial charge in [0.1, 0.15) is 12.4 Å². The first-order valence-electron chi connectivity index (χ1n) is 9.96. The minimum Gasteiger partial charge on any atom is -0.497 e. The summed E-state index contributed by atoms with van der Waals surface area (Å²) in [5.74, 6) is 1.72. The number of methoxy groups -OCH3 is 2. The van der Waals surface area contributed by atoms with Crippen molar-refractivity contribution in [2.75, 3.05) is 19.1 Å². The number of thiocarbonyl (C=S) groups is 1. The molecule has 1 amide bonds. The summed E-state index contributed by atoms with van der Waals surface area (Å²) in [6.45, 7) is 0.358. The van der Waals surface area contributed by atoms with E-state index in [1.165, 1.54) is 16.7 Å². The number of ether oxygens (including phenoxy) is 3. The molecule has 1 saturated heterocycles. The molecule has 1 heterocycles. The quantitative estimate of drug-likeness (QED) is 0.280. The van der Waals surface area contributed by atoms with Crippen LogP contribution in [0, 0.1) is 0 Å². The summed E-state index contributed by atoms with van der Waals surface area (Å²) in [6.07, 6.45) is 1.80. The van der Waals surface area contributed by atoms with E-state index in [0.29, 0.717) is 43.8 Å². The van der Waals surface area contributed by atoms with Crippen LogP contribution in [-0.4, -0.2) is 24.4 Å². The van der Waals surface area contributed by atoms with Gasteiger partial charge in [0, 0.05) is 5.02 Å². The molecule has 168 valence electrons. The van der Waals surface area contributed by atoms with E-state index < -0.39 is 0 Å². The molecule has 4 rings (SSSR count). The van der Waals surface area contributed by atoms with E-state index in [-0.39, 0.29) is 5.91 Å². The van der Waals surface area contributed by atoms with Gasteiger partial charge in [-0.25, -0.2) is 0 Å². The van der Waals surface area contributed by atoms with Crippen LogP contribution in [-0.2, 0) is 11.4 Å². The number of thioether (sulfide) groups is 1. The molecule has 0 saturated carbocycles. The van der Waals surface area contributed by atoms with Crippen LogP contribution < -0.4 is 19.1 Å². The number of hydrogen-bond donors (Lipinski definition) is 0. The molecule has 0 spiro atoms. The first-order valence-corrected chi connectivity index (χ1v) is 11.6. The van der Waals surface area contributed by atoms with Crippen molar-refractivity contribution in [3.05, 3.63) is 87.8 Å². The third-order valence-electron chi connectivity index (χ3n) is 4.92. The molecule has 0 radical (unpaired) electrons. The Kier molecular flexibility index (Phi) is 7.23. The van der Waals surface area contributed by atoms with Gasteiger partial charge in [-0.1, -0.05) is 53.8 Å². The van der Waals surface area contributed by atoms with Gasteiger partial charge in [-0.05, 0) is 65.7 Å². The zero-order valence-corrected chi connectivity index (χ0v) is 20.3. The topological polar surface area (TPSA) is 48.0 Å². The Morgan fingerprint density at radius 1 is 0.970 bits per heavy atom.